The molecule has 0 aliphatic heterocycles. The number of aromatic hydroxyl groups is 1. The van der Waals surface area contributed by atoms with Gasteiger partial charge in [0.15, 0.2) is 11.5 Å². The summed E-state index contributed by atoms with van der Waals surface area (Å²) in [6, 6.07) is 2.54. The van der Waals surface area contributed by atoms with E-state index in [-0.39, 0.29) is 17.2 Å². The van der Waals surface area contributed by atoms with Crippen LogP contribution in [0.3, 0.4) is 0 Å². The van der Waals surface area contributed by atoms with Crippen LogP contribution in [0.1, 0.15) is 12.0 Å². The zero-order chi connectivity index (χ0) is 12.1. The molecule has 0 fully saturated rings. The molecule has 6 heteroatoms. The number of non-ortho nitro benzene ring substituents is 1. The molecule has 0 atom stereocenters. The van der Waals surface area contributed by atoms with E-state index in [0.29, 0.717) is 24.9 Å². The number of nitro groups is 1. The highest BCUT2D eigenvalue weighted by atomic mass is 16.6. The van der Waals surface area contributed by atoms with Crippen LogP contribution in [0.2, 0.25) is 0 Å². The minimum Gasteiger partial charge on any atom is -0.504 e. The topological polar surface area (TPSA) is 98.6 Å². The Morgan fingerprint density at radius 2 is 2.25 bits per heavy atom. The number of nitrogens with zero attached hydrogens (tertiary/aromatic N) is 1. The lowest BCUT2D eigenvalue weighted by atomic mass is 10.1. The minimum atomic E-state index is -0.520. The molecule has 0 spiro atoms. The maximum absolute atomic E-state index is 10.7. The molecule has 6 nitrogen and oxygen atoms in total. The van der Waals surface area contributed by atoms with Crippen molar-refractivity contribution in [3.63, 3.8) is 0 Å². The van der Waals surface area contributed by atoms with Gasteiger partial charge in [-0.3, -0.25) is 10.1 Å². The van der Waals surface area contributed by atoms with Crippen LogP contribution in [0, 0.1) is 10.1 Å². The Labute approximate surface area is 92.8 Å². The number of rotatable bonds is 5. The number of methoxy groups -OCH3 is 1. The smallest absolute Gasteiger partial charge is 0.273 e. The van der Waals surface area contributed by atoms with Crippen LogP contribution in [-0.4, -0.2) is 23.7 Å². The lowest BCUT2D eigenvalue weighted by Gasteiger charge is -2.08. The van der Waals surface area contributed by atoms with Gasteiger partial charge < -0.3 is 15.6 Å². The third kappa shape index (κ3) is 2.60. The summed E-state index contributed by atoms with van der Waals surface area (Å²) in [6.45, 7) is 0.463. The molecule has 1 aromatic rings. The van der Waals surface area contributed by atoms with E-state index in [1.165, 1.54) is 19.2 Å². The maximum atomic E-state index is 10.7. The molecule has 1 rings (SSSR count). The largest absolute Gasteiger partial charge is 0.504 e. The van der Waals surface area contributed by atoms with Crippen LogP contribution in [0.4, 0.5) is 5.69 Å². The fraction of sp³-hybridized carbons (Fsp3) is 0.400. The Morgan fingerprint density at radius 1 is 1.56 bits per heavy atom. The van der Waals surface area contributed by atoms with Gasteiger partial charge in [-0.2, -0.15) is 0 Å². The molecule has 16 heavy (non-hydrogen) atoms. The predicted molar refractivity (Wildman–Crippen MR) is 58.7 cm³/mol. The van der Waals surface area contributed by atoms with Crippen LogP contribution in [-0.2, 0) is 6.42 Å². The van der Waals surface area contributed by atoms with Crippen LogP contribution in [0.15, 0.2) is 12.1 Å². The number of benzene rings is 1. The zero-order valence-electron chi connectivity index (χ0n) is 8.97. The van der Waals surface area contributed by atoms with Gasteiger partial charge in [0.2, 0.25) is 0 Å². The molecular formula is C10H14N2O4. The fourth-order valence-corrected chi connectivity index (χ4v) is 1.39. The molecule has 0 bridgehead atoms. The van der Waals surface area contributed by atoms with Gasteiger partial charge in [0, 0.05) is 11.6 Å². The number of nitro benzene ring substituents is 1. The normalized spacial score (nSPS) is 10.1. The third-order valence-corrected chi connectivity index (χ3v) is 2.22. The second kappa shape index (κ2) is 5.32. The van der Waals surface area contributed by atoms with Crippen LogP contribution < -0.4 is 10.5 Å². The fourth-order valence-electron chi connectivity index (χ4n) is 1.39. The Morgan fingerprint density at radius 3 is 2.75 bits per heavy atom. The quantitative estimate of drug-likeness (QED) is 0.580. The number of nitrogens with two attached hydrogens (primary N) is 1. The van der Waals surface area contributed by atoms with Gasteiger partial charge in [-0.15, -0.1) is 0 Å². The van der Waals surface area contributed by atoms with Gasteiger partial charge in [-0.1, -0.05) is 0 Å². The Kier molecular flexibility index (Phi) is 4.07. The number of phenols is 1. The first-order chi connectivity index (χ1) is 7.60. The first-order valence-electron chi connectivity index (χ1n) is 4.84. The minimum absolute atomic E-state index is 0.0541. The van der Waals surface area contributed by atoms with Crippen LogP contribution in [0.25, 0.3) is 0 Å². The molecule has 0 heterocycles. The molecule has 0 amide bonds. The summed E-state index contributed by atoms with van der Waals surface area (Å²) in [7, 11) is 1.35. The first kappa shape index (κ1) is 12.3. The van der Waals surface area contributed by atoms with E-state index in [1.54, 1.807) is 0 Å². The van der Waals surface area contributed by atoms with Gasteiger partial charge in [0.1, 0.15) is 0 Å². The predicted octanol–water partition coefficient (Wildman–Crippen LogP) is 1.20. The second-order valence-corrected chi connectivity index (χ2v) is 3.31. The van der Waals surface area contributed by atoms with E-state index >= 15 is 0 Å². The summed E-state index contributed by atoms with van der Waals surface area (Å²) in [5, 5.41) is 20.4. The molecule has 0 unspecified atom stereocenters. The lowest BCUT2D eigenvalue weighted by molar-refractivity contribution is -0.385. The number of hydrogen-bond donors (Lipinski definition) is 2. The van der Waals surface area contributed by atoms with Gasteiger partial charge in [0.05, 0.1) is 18.1 Å². The lowest BCUT2D eigenvalue weighted by Crippen LogP contribution is -2.01. The summed E-state index contributed by atoms with van der Waals surface area (Å²) in [4.78, 5) is 10.1. The Balaban J connectivity index is 3.13. The van der Waals surface area contributed by atoms with Gasteiger partial charge in [-0.25, -0.2) is 0 Å². The van der Waals surface area contributed by atoms with Crippen molar-refractivity contribution < 1.29 is 14.8 Å². The Bertz CT molecular complexity index is 393. The molecule has 3 N–H and O–H groups in total. The average Bonchev–Trinajstić information content (AvgIpc) is 2.27. The first-order valence-corrected chi connectivity index (χ1v) is 4.84. The molecule has 0 saturated carbocycles. The summed E-state index contributed by atoms with van der Waals surface area (Å²) >= 11 is 0. The molecule has 0 aliphatic carbocycles. The third-order valence-electron chi connectivity index (χ3n) is 2.22. The van der Waals surface area contributed by atoms with E-state index in [0.717, 1.165) is 0 Å². The summed E-state index contributed by atoms with van der Waals surface area (Å²) in [5.74, 6) is 0.0581. The maximum Gasteiger partial charge on any atom is 0.273 e. The molecule has 1 aromatic carbocycles. The van der Waals surface area contributed by atoms with Crippen molar-refractivity contribution in [1.29, 1.82) is 0 Å². The molecule has 0 radical (unpaired) electrons. The van der Waals surface area contributed by atoms with Crippen LogP contribution >= 0.6 is 0 Å². The van der Waals surface area contributed by atoms with Crippen molar-refractivity contribution in [3.05, 3.63) is 27.8 Å². The van der Waals surface area contributed by atoms with Crippen molar-refractivity contribution >= 4 is 5.69 Å². The van der Waals surface area contributed by atoms with Crippen molar-refractivity contribution in [2.75, 3.05) is 13.7 Å². The number of aryl methyl sites for hydroxylation is 1. The second-order valence-electron chi connectivity index (χ2n) is 3.31. The highest BCUT2D eigenvalue weighted by molar-refractivity contribution is 5.53. The van der Waals surface area contributed by atoms with Crippen molar-refractivity contribution in [1.82, 2.24) is 0 Å². The van der Waals surface area contributed by atoms with Gasteiger partial charge in [0.25, 0.3) is 5.69 Å². The van der Waals surface area contributed by atoms with E-state index in [4.69, 9.17) is 10.5 Å². The SMILES string of the molecule is COc1cc([N+](=O)[O-])cc(CCCN)c1O. The van der Waals surface area contributed by atoms with E-state index in [1.807, 2.05) is 0 Å². The van der Waals surface area contributed by atoms with Crippen LogP contribution in [0.5, 0.6) is 11.5 Å². The van der Waals surface area contributed by atoms with E-state index < -0.39 is 4.92 Å². The number of hydrogen-bond acceptors (Lipinski definition) is 5. The highest BCUT2D eigenvalue weighted by Gasteiger charge is 2.16. The van der Waals surface area contributed by atoms with E-state index in [2.05, 4.69) is 0 Å². The standard InChI is InChI=1S/C10H14N2O4/c1-16-9-6-8(12(14)15)5-7(10(9)13)3-2-4-11/h5-6,13H,2-4,11H2,1H3. The molecule has 88 valence electrons. The van der Waals surface area contributed by atoms with Crippen molar-refractivity contribution in [2.45, 2.75) is 12.8 Å². The molecule has 0 aromatic heterocycles. The zero-order valence-corrected chi connectivity index (χ0v) is 8.97. The summed E-state index contributed by atoms with van der Waals surface area (Å²) in [5.41, 5.74) is 5.74. The van der Waals surface area contributed by atoms with Gasteiger partial charge in [-0.05, 0) is 19.4 Å². The average molecular weight is 226 g/mol. The van der Waals surface area contributed by atoms with Crippen molar-refractivity contribution in [2.24, 2.45) is 5.73 Å². The molecule has 0 aliphatic rings. The Hall–Kier alpha value is -1.82. The van der Waals surface area contributed by atoms with Crippen molar-refractivity contribution in [3.8, 4) is 11.5 Å². The molecular weight excluding hydrogens is 212 g/mol. The number of phenolic OH excluding ortho intramolecular Hbond substituents is 1. The van der Waals surface area contributed by atoms with Gasteiger partial charge >= 0.3 is 0 Å². The summed E-state index contributed by atoms with van der Waals surface area (Å²) < 4.78 is 4.87. The summed E-state index contributed by atoms with van der Waals surface area (Å²) in [6.07, 6.45) is 1.14. The molecule has 0 saturated heterocycles. The monoisotopic (exact) mass is 226 g/mol. The number of ether oxygens (including phenoxy) is 1. The van der Waals surface area contributed by atoms with E-state index in [9.17, 15) is 15.2 Å². The highest BCUT2D eigenvalue weighted by Crippen LogP contribution is 2.34.